The smallest absolute Gasteiger partial charge is 0.153 e. The molecule has 0 atom stereocenters. The van der Waals surface area contributed by atoms with Crippen molar-refractivity contribution >= 4 is 34.1 Å². The molecular weight excluding hydrogens is 252 g/mol. The second-order valence-electron chi connectivity index (χ2n) is 3.59. The number of nitrogens with one attached hydrogen (secondary N) is 1. The second kappa shape index (κ2) is 5.37. The van der Waals surface area contributed by atoms with Gasteiger partial charge in [-0.15, -0.1) is 11.8 Å². The zero-order valence-electron chi connectivity index (χ0n) is 9.73. The van der Waals surface area contributed by atoms with Crippen molar-refractivity contribution in [3.8, 4) is 0 Å². The van der Waals surface area contributed by atoms with E-state index in [1.54, 1.807) is 18.0 Å². The minimum absolute atomic E-state index is 0.605. The van der Waals surface area contributed by atoms with E-state index < -0.39 is 0 Å². The lowest BCUT2D eigenvalue weighted by molar-refractivity contribution is 1.08. The van der Waals surface area contributed by atoms with E-state index in [4.69, 9.17) is 5.73 Å². The Kier molecular flexibility index (Phi) is 3.86. The Balaban J connectivity index is 2.10. The van der Waals surface area contributed by atoms with Crippen molar-refractivity contribution in [3.05, 3.63) is 29.6 Å². The summed E-state index contributed by atoms with van der Waals surface area (Å²) in [6.07, 6.45) is 5.68. The van der Waals surface area contributed by atoms with Gasteiger partial charge in [0.25, 0.3) is 0 Å². The van der Waals surface area contributed by atoms with E-state index in [2.05, 4.69) is 21.6 Å². The zero-order chi connectivity index (χ0) is 12.3. The molecular formula is C11H14N4S2. The second-order valence-corrected chi connectivity index (χ2v) is 5.18. The summed E-state index contributed by atoms with van der Waals surface area (Å²) in [5.74, 6) is 0.605. The van der Waals surface area contributed by atoms with E-state index in [1.165, 1.54) is 22.7 Å². The molecule has 0 spiro atoms. The van der Waals surface area contributed by atoms with Crippen LogP contribution in [0.5, 0.6) is 0 Å². The van der Waals surface area contributed by atoms with Gasteiger partial charge in [0.1, 0.15) is 5.00 Å². The van der Waals surface area contributed by atoms with Crippen LogP contribution in [0.25, 0.3) is 0 Å². The van der Waals surface area contributed by atoms with Gasteiger partial charge >= 0.3 is 0 Å². The van der Waals surface area contributed by atoms with Crippen LogP contribution in [0, 0.1) is 6.92 Å². The number of anilines is 2. The van der Waals surface area contributed by atoms with Gasteiger partial charge in [-0.3, -0.25) is 4.98 Å². The third kappa shape index (κ3) is 2.70. The summed E-state index contributed by atoms with van der Waals surface area (Å²) in [6, 6.07) is 2.01. The van der Waals surface area contributed by atoms with Crippen LogP contribution in [-0.4, -0.2) is 15.6 Å². The number of hydrogen-bond donors (Lipinski definition) is 2. The molecule has 0 bridgehead atoms. The van der Waals surface area contributed by atoms with Gasteiger partial charge < -0.3 is 11.1 Å². The average Bonchev–Trinajstić information content (AvgIpc) is 2.69. The molecule has 0 aliphatic rings. The minimum Gasteiger partial charge on any atom is -0.382 e. The molecule has 0 aliphatic carbocycles. The van der Waals surface area contributed by atoms with Crippen LogP contribution in [0.3, 0.4) is 0 Å². The number of thioether (sulfide) groups is 1. The largest absolute Gasteiger partial charge is 0.382 e. The molecule has 4 nitrogen and oxygen atoms in total. The third-order valence-electron chi connectivity index (χ3n) is 2.47. The fourth-order valence-corrected chi connectivity index (χ4v) is 3.00. The zero-order valence-corrected chi connectivity index (χ0v) is 11.4. The van der Waals surface area contributed by atoms with Crippen LogP contribution >= 0.6 is 23.3 Å². The molecule has 0 aliphatic heterocycles. The van der Waals surface area contributed by atoms with Crippen molar-refractivity contribution in [3.63, 3.8) is 0 Å². The molecule has 90 valence electrons. The van der Waals surface area contributed by atoms with Crippen LogP contribution in [0.1, 0.15) is 11.1 Å². The van der Waals surface area contributed by atoms with Gasteiger partial charge in [-0.05, 0) is 41.9 Å². The van der Waals surface area contributed by atoms with Crippen LogP contribution < -0.4 is 11.1 Å². The molecule has 0 saturated heterocycles. The van der Waals surface area contributed by atoms with E-state index in [0.29, 0.717) is 5.82 Å². The molecule has 0 fully saturated rings. The molecule has 17 heavy (non-hydrogen) atoms. The van der Waals surface area contributed by atoms with E-state index in [1.807, 2.05) is 18.5 Å². The molecule has 0 aromatic carbocycles. The van der Waals surface area contributed by atoms with Crippen LogP contribution in [-0.2, 0) is 6.54 Å². The van der Waals surface area contributed by atoms with Gasteiger partial charge in [-0.1, -0.05) is 0 Å². The number of hydrogen-bond acceptors (Lipinski definition) is 6. The van der Waals surface area contributed by atoms with E-state index in [9.17, 15) is 0 Å². The maximum absolute atomic E-state index is 5.78. The Morgan fingerprint density at radius 2 is 2.35 bits per heavy atom. The first-order valence-electron chi connectivity index (χ1n) is 5.15. The molecule has 2 aromatic rings. The molecule has 0 saturated carbocycles. The van der Waals surface area contributed by atoms with Crippen molar-refractivity contribution in [2.24, 2.45) is 0 Å². The summed E-state index contributed by atoms with van der Waals surface area (Å²) in [6.45, 7) is 2.82. The summed E-state index contributed by atoms with van der Waals surface area (Å²) in [7, 11) is 0. The van der Waals surface area contributed by atoms with Gasteiger partial charge in [0, 0.05) is 18.9 Å². The molecule has 0 unspecified atom stereocenters. The van der Waals surface area contributed by atoms with Gasteiger partial charge in [0.2, 0.25) is 0 Å². The van der Waals surface area contributed by atoms with E-state index in [-0.39, 0.29) is 0 Å². The molecule has 0 radical (unpaired) electrons. The Hall–Kier alpha value is -1.27. The van der Waals surface area contributed by atoms with Crippen LogP contribution in [0.2, 0.25) is 0 Å². The Bertz CT molecular complexity index is 510. The molecule has 2 aromatic heterocycles. The van der Waals surface area contributed by atoms with Gasteiger partial charge in [-0.25, -0.2) is 0 Å². The van der Waals surface area contributed by atoms with E-state index >= 15 is 0 Å². The Morgan fingerprint density at radius 3 is 3.06 bits per heavy atom. The fraction of sp³-hybridized carbons (Fsp3) is 0.273. The van der Waals surface area contributed by atoms with Gasteiger partial charge in [-0.2, -0.15) is 4.37 Å². The highest BCUT2D eigenvalue weighted by Gasteiger charge is 2.10. The topological polar surface area (TPSA) is 63.8 Å². The monoisotopic (exact) mass is 266 g/mol. The predicted molar refractivity (Wildman–Crippen MR) is 74.6 cm³/mol. The molecule has 2 rings (SSSR count). The van der Waals surface area contributed by atoms with E-state index in [0.717, 1.165) is 16.4 Å². The number of nitrogens with zero attached hydrogens (tertiary/aromatic N) is 2. The van der Waals surface area contributed by atoms with Crippen molar-refractivity contribution in [1.82, 2.24) is 9.36 Å². The summed E-state index contributed by atoms with van der Waals surface area (Å²) in [5.41, 5.74) is 8.20. The summed E-state index contributed by atoms with van der Waals surface area (Å²) >= 11 is 3.01. The number of rotatable bonds is 4. The Morgan fingerprint density at radius 1 is 1.53 bits per heavy atom. The molecule has 3 N–H and O–H groups in total. The van der Waals surface area contributed by atoms with Crippen LogP contribution in [0.15, 0.2) is 23.4 Å². The maximum atomic E-state index is 5.78. The first-order chi connectivity index (χ1) is 8.22. The van der Waals surface area contributed by atoms with Gasteiger partial charge in [0.15, 0.2) is 5.82 Å². The standard InChI is InChI=1S/C11H14N4S2/c1-7-3-4-13-5-8(7)6-14-11-9(16-2)10(12)15-17-11/h3-5,14H,6H2,1-2H3,(H2,12,15). The SMILES string of the molecule is CSc1c(N)nsc1NCc1cnccc1C. The number of pyridine rings is 1. The number of nitrogens with two attached hydrogens (primary N) is 1. The third-order valence-corrected chi connectivity index (χ3v) is 4.23. The quantitative estimate of drug-likeness (QED) is 0.833. The highest BCUT2D eigenvalue weighted by molar-refractivity contribution is 7.99. The summed E-state index contributed by atoms with van der Waals surface area (Å²) < 4.78 is 4.14. The van der Waals surface area contributed by atoms with Crippen LogP contribution in [0.4, 0.5) is 10.8 Å². The molecule has 2 heterocycles. The average molecular weight is 266 g/mol. The lowest BCUT2D eigenvalue weighted by Gasteiger charge is -2.07. The van der Waals surface area contributed by atoms with Crippen molar-refractivity contribution in [1.29, 1.82) is 0 Å². The number of aromatic nitrogens is 2. The minimum atomic E-state index is 0.605. The normalized spacial score (nSPS) is 10.5. The highest BCUT2D eigenvalue weighted by Crippen LogP contribution is 2.34. The fourth-order valence-electron chi connectivity index (χ4n) is 1.46. The summed E-state index contributed by atoms with van der Waals surface area (Å²) in [4.78, 5) is 5.15. The first kappa shape index (κ1) is 12.2. The number of nitrogen functional groups attached to an aromatic ring is 1. The van der Waals surface area contributed by atoms with Crippen molar-refractivity contribution in [2.75, 3.05) is 17.3 Å². The molecule has 0 amide bonds. The maximum Gasteiger partial charge on any atom is 0.153 e. The first-order valence-corrected chi connectivity index (χ1v) is 7.14. The Labute approximate surface area is 109 Å². The molecule has 6 heteroatoms. The van der Waals surface area contributed by atoms with Crippen molar-refractivity contribution in [2.45, 2.75) is 18.4 Å². The lowest BCUT2D eigenvalue weighted by atomic mass is 10.2. The number of aryl methyl sites for hydroxylation is 1. The summed E-state index contributed by atoms with van der Waals surface area (Å²) in [5, 5.41) is 4.38. The van der Waals surface area contributed by atoms with Crippen molar-refractivity contribution < 1.29 is 0 Å². The van der Waals surface area contributed by atoms with Gasteiger partial charge in [0.05, 0.1) is 4.90 Å². The predicted octanol–water partition coefficient (Wildman–Crippen LogP) is 2.76. The lowest BCUT2D eigenvalue weighted by Crippen LogP contribution is -2.01. The highest BCUT2D eigenvalue weighted by atomic mass is 32.2.